The van der Waals surface area contributed by atoms with Crippen LogP contribution in [-0.2, 0) is 28.1 Å². The van der Waals surface area contributed by atoms with Gasteiger partial charge >= 0.3 is 0 Å². The predicted octanol–water partition coefficient (Wildman–Crippen LogP) is 6.74. The number of hydrogen-bond donors (Lipinski definition) is 2. The zero-order valence-corrected chi connectivity index (χ0v) is 21.7. The van der Waals surface area contributed by atoms with Crippen molar-refractivity contribution in [2.24, 2.45) is 0 Å². The first-order valence-corrected chi connectivity index (χ1v) is 12.4. The van der Waals surface area contributed by atoms with Crippen LogP contribution in [0.3, 0.4) is 0 Å². The molecule has 0 radical (unpaired) electrons. The monoisotopic (exact) mass is 478 g/mol. The van der Waals surface area contributed by atoms with E-state index in [-0.39, 0.29) is 17.2 Å². The van der Waals surface area contributed by atoms with E-state index in [1.165, 1.54) is 35.7 Å². The van der Waals surface area contributed by atoms with Gasteiger partial charge in [0, 0.05) is 26.9 Å². The molecule has 0 atom stereocenters. The Bertz CT molecular complexity index is 1430. The molecule has 0 aliphatic rings. The number of nitrogens with one attached hydrogen (secondary N) is 2. The average Bonchev–Trinajstić information content (AvgIpc) is 2.85. The summed E-state index contributed by atoms with van der Waals surface area (Å²) in [6, 6.07) is 27.9. The van der Waals surface area contributed by atoms with Crippen molar-refractivity contribution in [3.63, 3.8) is 0 Å². The molecule has 0 spiro atoms. The summed E-state index contributed by atoms with van der Waals surface area (Å²) < 4.78 is 0. The van der Waals surface area contributed by atoms with Gasteiger partial charge in [0.1, 0.15) is 0 Å². The van der Waals surface area contributed by atoms with E-state index in [4.69, 9.17) is 0 Å². The highest BCUT2D eigenvalue weighted by molar-refractivity contribution is 6.05. The molecule has 4 aromatic rings. The van der Waals surface area contributed by atoms with Gasteiger partial charge in [0.2, 0.25) is 11.8 Å². The third-order valence-electron chi connectivity index (χ3n) is 6.44. The van der Waals surface area contributed by atoms with Crippen LogP contribution in [0.4, 0.5) is 0 Å². The van der Waals surface area contributed by atoms with Crippen molar-refractivity contribution in [3.05, 3.63) is 95.6 Å². The van der Waals surface area contributed by atoms with E-state index in [0.29, 0.717) is 13.1 Å². The van der Waals surface area contributed by atoms with Crippen LogP contribution in [0.25, 0.3) is 33.0 Å². The summed E-state index contributed by atoms with van der Waals surface area (Å²) >= 11 is 0. The molecule has 4 rings (SSSR count). The van der Waals surface area contributed by atoms with E-state index in [1.807, 2.05) is 24.3 Å². The summed E-state index contributed by atoms with van der Waals surface area (Å²) in [5.41, 5.74) is 8.01. The molecule has 0 aliphatic heterocycles. The zero-order chi connectivity index (χ0) is 25.9. The molecule has 0 bridgehead atoms. The number of fused-ring (bicyclic) bond motifs is 1. The zero-order valence-electron chi connectivity index (χ0n) is 21.7. The highest BCUT2D eigenvalue weighted by atomic mass is 16.2. The topological polar surface area (TPSA) is 58.2 Å². The maximum Gasteiger partial charge on any atom is 0.217 e. The Morgan fingerprint density at radius 2 is 1.14 bits per heavy atom. The summed E-state index contributed by atoms with van der Waals surface area (Å²) in [5.74, 6) is -0.0728. The Kier molecular flexibility index (Phi) is 7.25. The maximum absolute atomic E-state index is 11.4. The van der Waals surface area contributed by atoms with Crippen molar-refractivity contribution in [3.8, 4) is 22.3 Å². The molecule has 4 heteroatoms. The van der Waals surface area contributed by atoms with Gasteiger partial charge < -0.3 is 10.6 Å². The van der Waals surface area contributed by atoms with Crippen LogP contribution in [0.2, 0.25) is 0 Å². The minimum Gasteiger partial charge on any atom is -0.352 e. The molecule has 0 aromatic heterocycles. The SMILES string of the molecule is CC(=O)NCc1cccc(-c2ccc(-c3cccc(CNC(C)=O)c3)c3cc(C(C)(C)C)ccc23)c1. The third-order valence-corrected chi connectivity index (χ3v) is 6.44. The first kappa shape index (κ1) is 25.2. The van der Waals surface area contributed by atoms with Crippen LogP contribution in [0.15, 0.2) is 78.9 Å². The van der Waals surface area contributed by atoms with Crippen molar-refractivity contribution < 1.29 is 9.59 Å². The summed E-state index contributed by atoms with van der Waals surface area (Å²) in [6.45, 7) is 10.8. The Morgan fingerprint density at radius 1 is 0.639 bits per heavy atom. The van der Waals surface area contributed by atoms with Gasteiger partial charge in [-0.2, -0.15) is 0 Å². The van der Waals surface area contributed by atoms with Gasteiger partial charge in [0.05, 0.1) is 0 Å². The number of carbonyl (C=O) groups is 2. The maximum atomic E-state index is 11.4. The fraction of sp³-hybridized carbons (Fsp3) is 0.250. The molecule has 0 saturated carbocycles. The summed E-state index contributed by atoms with van der Waals surface area (Å²) in [6.07, 6.45) is 0. The fourth-order valence-electron chi connectivity index (χ4n) is 4.47. The van der Waals surface area contributed by atoms with Crippen molar-refractivity contribution in [1.82, 2.24) is 10.6 Å². The Labute approximate surface area is 213 Å². The Morgan fingerprint density at radius 3 is 1.61 bits per heavy atom. The molecule has 2 amide bonds. The first-order valence-electron chi connectivity index (χ1n) is 12.4. The van der Waals surface area contributed by atoms with Crippen LogP contribution in [0.1, 0.15) is 51.3 Å². The summed E-state index contributed by atoms with van der Waals surface area (Å²) in [5, 5.41) is 8.17. The van der Waals surface area contributed by atoms with Gasteiger partial charge in [-0.25, -0.2) is 0 Å². The Hall–Kier alpha value is -3.92. The summed E-state index contributed by atoms with van der Waals surface area (Å²) in [4.78, 5) is 22.8. The van der Waals surface area contributed by atoms with Gasteiger partial charge in [-0.05, 0) is 73.3 Å². The van der Waals surface area contributed by atoms with Gasteiger partial charge in [-0.15, -0.1) is 0 Å². The molecule has 0 heterocycles. The normalized spacial score (nSPS) is 11.4. The average molecular weight is 479 g/mol. The molecule has 0 saturated heterocycles. The lowest BCUT2D eigenvalue weighted by molar-refractivity contribution is -0.120. The second-order valence-corrected chi connectivity index (χ2v) is 10.4. The van der Waals surface area contributed by atoms with E-state index in [0.717, 1.165) is 27.8 Å². The molecule has 2 N–H and O–H groups in total. The lowest BCUT2D eigenvalue weighted by Gasteiger charge is -2.21. The second-order valence-electron chi connectivity index (χ2n) is 10.4. The lowest BCUT2D eigenvalue weighted by Crippen LogP contribution is -2.18. The Balaban J connectivity index is 1.86. The smallest absolute Gasteiger partial charge is 0.217 e. The minimum absolute atomic E-state index is 0.0208. The van der Waals surface area contributed by atoms with Crippen molar-refractivity contribution in [1.29, 1.82) is 0 Å². The molecule has 4 nitrogen and oxygen atoms in total. The van der Waals surface area contributed by atoms with E-state index in [1.54, 1.807) is 0 Å². The van der Waals surface area contributed by atoms with Gasteiger partial charge in [-0.1, -0.05) is 81.4 Å². The van der Waals surface area contributed by atoms with E-state index < -0.39 is 0 Å². The van der Waals surface area contributed by atoms with Crippen molar-refractivity contribution >= 4 is 22.6 Å². The van der Waals surface area contributed by atoms with Gasteiger partial charge in [0.25, 0.3) is 0 Å². The van der Waals surface area contributed by atoms with Crippen molar-refractivity contribution in [2.45, 2.75) is 53.1 Å². The predicted molar refractivity (Wildman–Crippen MR) is 149 cm³/mol. The van der Waals surface area contributed by atoms with E-state index in [9.17, 15) is 9.59 Å². The molecular weight excluding hydrogens is 444 g/mol. The highest BCUT2D eigenvalue weighted by Gasteiger charge is 2.17. The van der Waals surface area contributed by atoms with Crippen molar-refractivity contribution in [2.75, 3.05) is 0 Å². The molecule has 0 fully saturated rings. The van der Waals surface area contributed by atoms with Crippen LogP contribution in [0.5, 0.6) is 0 Å². The van der Waals surface area contributed by atoms with Crippen LogP contribution in [0, 0.1) is 0 Å². The summed E-state index contributed by atoms with van der Waals surface area (Å²) in [7, 11) is 0. The second kappa shape index (κ2) is 10.4. The number of rotatable bonds is 6. The number of amides is 2. The molecule has 36 heavy (non-hydrogen) atoms. The molecule has 184 valence electrons. The molecule has 0 aliphatic carbocycles. The van der Waals surface area contributed by atoms with Gasteiger partial charge in [0.15, 0.2) is 0 Å². The van der Waals surface area contributed by atoms with Crippen LogP contribution >= 0.6 is 0 Å². The molecule has 4 aromatic carbocycles. The quantitative estimate of drug-likeness (QED) is 0.322. The molecular formula is C32H34N2O2. The van der Waals surface area contributed by atoms with E-state index in [2.05, 4.69) is 86.0 Å². The first-order chi connectivity index (χ1) is 17.1. The third kappa shape index (κ3) is 5.83. The van der Waals surface area contributed by atoms with Crippen LogP contribution < -0.4 is 10.6 Å². The highest BCUT2D eigenvalue weighted by Crippen LogP contribution is 2.38. The standard InChI is InChI=1S/C32H34N2O2/c1-21(35)33-19-23-8-6-10-25(16-23)28-14-15-29(26-11-7-9-24(17-26)20-34-22(2)36)31-18-27(32(3,4)5)12-13-30(28)31/h6-18H,19-20H2,1-5H3,(H,33,35)(H,34,36). The molecule has 0 unspecified atom stereocenters. The van der Waals surface area contributed by atoms with Crippen LogP contribution in [-0.4, -0.2) is 11.8 Å². The number of benzene rings is 4. The fourth-order valence-corrected chi connectivity index (χ4v) is 4.47. The van der Waals surface area contributed by atoms with Gasteiger partial charge in [-0.3, -0.25) is 9.59 Å². The largest absolute Gasteiger partial charge is 0.352 e. The van der Waals surface area contributed by atoms with E-state index >= 15 is 0 Å². The number of hydrogen-bond acceptors (Lipinski definition) is 2. The lowest BCUT2D eigenvalue weighted by atomic mass is 9.83. The minimum atomic E-state index is -0.0364. The number of carbonyl (C=O) groups excluding carboxylic acids is 2.